The van der Waals surface area contributed by atoms with Crippen LogP contribution >= 0.6 is 0 Å². The standard InChI is InChI=1S/2C17H15.C2H7Si.2CH3.Zr/c2*1-2-13-10-15-8-9-16(12-17(15)11-13)14-6-4-3-5-7-14;1-3-2;;;/h2*3-12H,2H2,1H3;3H,1-2H3;2*1H3;. The zero-order chi connectivity index (χ0) is 28.3. The van der Waals surface area contributed by atoms with Crippen molar-refractivity contribution >= 4 is 21.7 Å². The van der Waals surface area contributed by atoms with Gasteiger partial charge >= 0.3 is 228 Å². The van der Waals surface area contributed by atoms with E-state index in [1.165, 1.54) is 33.4 Å². The van der Waals surface area contributed by atoms with E-state index < -0.39 is 20.3 Å². The van der Waals surface area contributed by atoms with Crippen LogP contribution < -0.4 is 0 Å². The Labute approximate surface area is 249 Å². The van der Waals surface area contributed by atoms with Gasteiger partial charge in [0.05, 0.1) is 0 Å². The molecule has 4 aromatic rings. The first-order chi connectivity index (χ1) is 19.4. The quantitative estimate of drug-likeness (QED) is 0.189. The molecule has 2 aliphatic carbocycles. The molecule has 0 nitrogen and oxygen atoms in total. The average molecular weight is 619 g/mol. The molecular formula is C38H43SiZr. The van der Waals surface area contributed by atoms with Crippen LogP contribution in [0.1, 0.15) is 56.2 Å². The zero-order valence-electron chi connectivity index (χ0n) is 25.0. The summed E-state index contributed by atoms with van der Waals surface area (Å²) in [5.41, 5.74) is 14.7. The summed E-state index contributed by atoms with van der Waals surface area (Å²) in [5, 5.41) is 0. The minimum atomic E-state index is -2.81. The summed E-state index contributed by atoms with van der Waals surface area (Å²) < 4.78 is 6.69. The van der Waals surface area contributed by atoms with Crippen molar-refractivity contribution in [1.29, 1.82) is 0 Å². The number of benzene rings is 4. The summed E-state index contributed by atoms with van der Waals surface area (Å²) in [7, 11) is 0.750. The van der Waals surface area contributed by atoms with Gasteiger partial charge in [0.15, 0.2) is 0 Å². The van der Waals surface area contributed by atoms with Crippen LogP contribution in [0.5, 0.6) is 0 Å². The van der Waals surface area contributed by atoms with E-state index in [1.54, 1.807) is 22.3 Å². The monoisotopic (exact) mass is 617 g/mol. The smallest absolute Gasteiger partial charge is 0.0213 e. The van der Waals surface area contributed by atoms with Crippen molar-refractivity contribution in [2.75, 3.05) is 0 Å². The second kappa shape index (κ2) is 12.5. The fourth-order valence-corrected chi connectivity index (χ4v) is 19.2. The first-order valence-corrected chi connectivity index (χ1v) is 25.0. The third kappa shape index (κ3) is 5.50. The van der Waals surface area contributed by atoms with Crippen molar-refractivity contribution in [2.24, 2.45) is 0 Å². The van der Waals surface area contributed by atoms with Crippen molar-refractivity contribution in [1.82, 2.24) is 0 Å². The van der Waals surface area contributed by atoms with Gasteiger partial charge in [-0.05, 0) is 0 Å². The maximum Gasteiger partial charge on any atom is 0.0213 e. The number of rotatable bonds is 6. The van der Waals surface area contributed by atoms with E-state index in [0.29, 0.717) is 7.25 Å². The number of fused-ring (bicyclic) bond motifs is 2. The van der Waals surface area contributed by atoms with E-state index >= 15 is 0 Å². The molecule has 2 aliphatic rings. The molecule has 0 saturated carbocycles. The summed E-state index contributed by atoms with van der Waals surface area (Å²) in [4.78, 5) is 0. The fraction of sp³-hybridized carbons (Fsp3) is 0.263. The molecule has 1 radical (unpaired) electrons. The van der Waals surface area contributed by atoms with Crippen LogP contribution in [-0.4, -0.2) is 9.52 Å². The number of hydrogen-bond donors (Lipinski definition) is 0. The molecule has 0 fully saturated rings. The van der Waals surface area contributed by atoms with E-state index in [4.69, 9.17) is 0 Å². The van der Waals surface area contributed by atoms with Crippen LogP contribution in [0.25, 0.3) is 34.4 Å². The molecule has 0 spiro atoms. The van der Waals surface area contributed by atoms with Crippen LogP contribution in [0, 0.1) is 0 Å². The molecule has 2 heteroatoms. The van der Waals surface area contributed by atoms with E-state index in [9.17, 15) is 0 Å². The van der Waals surface area contributed by atoms with Gasteiger partial charge in [0, 0.05) is 9.52 Å². The van der Waals surface area contributed by atoms with Crippen LogP contribution in [-0.2, 0) is 20.3 Å². The Morgan fingerprint density at radius 2 is 0.925 bits per heavy atom. The fourth-order valence-electron chi connectivity index (χ4n) is 7.05. The van der Waals surface area contributed by atoms with Gasteiger partial charge in [0.2, 0.25) is 0 Å². The molecule has 40 heavy (non-hydrogen) atoms. The van der Waals surface area contributed by atoms with Gasteiger partial charge in [-0.3, -0.25) is 0 Å². The SMILES string of the molecule is CCC1=Cc2cc(-c3ccccc3)ccc2[CH]1[Zr]([CH3])([CH3])[CH]1C(CC)=Cc2cc(-c3ccccc3)ccc21.C[SiH]C. The van der Waals surface area contributed by atoms with Gasteiger partial charge in [-0.1, -0.05) is 13.1 Å². The molecule has 4 aromatic carbocycles. The maximum atomic E-state index is 2.72. The van der Waals surface area contributed by atoms with E-state index in [1.807, 2.05) is 0 Å². The normalized spacial score (nSPS) is 17.4. The zero-order valence-corrected chi connectivity index (χ0v) is 28.7. The van der Waals surface area contributed by atoms with Crippen molar-refractivity contribution < 1.29 is 20.3 Å². The first-order valence-electron chi connectivity index (χ1n) is 15.0. The first kappa shape index (κ1) is 29.0. The summed E-state index contributed by atoms with van der Waals surface area (Å²) in [5.74, 6) is 0. The summed E-state index contributed by atoms with van der Waals surface area (Å²) >= 11 is -2.81. The van der Waals surface area contributed by atoms with Crippen molar-refractivity contribution in [3.05, 3.63) is 130 Å². The molecule has 6 rings (SSSR count). The average Bonchev–Trinajstić information content (AvgIpc) is 3.56. The molecule has 2 atom stereocenters. The van der Waals surface area contributed by atoms with Gasteiger partial charge in [-0.15, -0.1) is 0 Å². The second-order valence-corrected chi connectivity index (χ2v) is 24.8. The Morgan fingerprint density at radius 1 is 0.550 bits per heavy atom. The third-order valence-corrected chi connectivity index (χ3v) is 19.4. The molecule has 0 heterocycles. The number of allylic oxidation sites excluding steroid dienone is 2. The Morgan fingerprint density at radius 3 is 1.27 bits per heavy atom. The maximum absolute atomic E-state index is 2.81. The van der Waals surface area contributed by atoms with Gasteiger partial charge in [0.1, 0.15) is 0 Å². The van der Waals surface area contributed by atoms with Gasteiger partial charge < -0.3 is 0 Å². The van der Waals surface area contributed by atoms with Crippen molar-refractivity contribution in [2.45, 2.75) is 56.3 Å². The van der Waals surface area contributed by atoms with Crippen LogP contribution in [0.4, 0.5) is 0 Å². The largest absolute Gasteiger partial charge is 0.0743 e. The van der Waals surface area contributed by atoms with Gasteiger partial charge in [-0.2, -0.15) is 0 Å². The molecular weight excluding hydrogens is 576 g/mol. The molecule has 2 unspecified atom stereocenters. The Hall–Kier alpha value is -2.54. The Bertz CT molecular complexity index is 1410. The molecule has 0 N–H and O–H groups in total. The topological polar surface area (TPSA) is 0 Å². The Kier molecular flexibility index (Phi) is 9.08. The van der Waals surface area contributed by atoms with Crippen LogP contribution in [0.2, 0.25) is 22.4 Å². The van der Waals surface area contributed by atoms with E-state index in [-0.39, 0.29) is 0 Å². The van der Waals surface area contributed by atoms with Crippen LogP contribution in [0.3, 0.4) is 0 Å². The summed E-state index contributed by atoms with van der Waals surface area (Å²) in [6, 6.07) is 36.2. The van der Waals surface area contributed by atoms with Crippen molar-refractivity contribution in [3.63, 3.8) is 0 Å². The third-order valence-electron chi connectivity index (χ3n) is 8.74. The van der Waals surface area contributed by atoms with Crippen LogP contribution in [0.15, 0.2) is 108 Å². The predicted octanol–water partition coefficient (Wildman–Crippen LogP) is 11.2. The van der Waals surface area contributed by atoms with E-state index in [0.717, 1.165) is 22.4 Å². The second-order valence-electron chi connectivity index (χ2n) is 11.8. The molecule has 203 valence electrons. The molecule has 0 aromatic heterocycles. The molecule has 0 bridgehead atoms. The molecule has 0 aliphatic heterocycles. The van der Waals surface area contributed by atoms with Gasteiger partial charge in [-0.25, -0.2) is 0 Å². The predicted molar refractivity (Wildman–Crippen MR) is 176 cm³/mol. The summed E-state index contributed by atoms with van der Waals surface area (Å²) in [6.45, 7) is 9.13. The molecule has 0 amide bonds. The van der Waals surface area contributed by atoms with Gasteiger partial charge in [0.25, 0.3) is 0 Å². The number of hydrogen-bond acceptors (Lipinski definition) is 0. The Balaban J connectivity index is 0.00000103. The molecule has 0 saturated heterocycles. The van der Waals surface area contributed by atoms with E-state index in [2.05, 4.69) is 145 Å². The minimum absolute atomic E-state index is 0.624. The minimum Gasteiger partial charge on any atom is -0.0743 e. The van der Waals surface area contributed by atoms with Crippen molar-refractivity contribution in [3.8, 4) is 22.3 Å². The summed E-state index contributed by atoms with van der Waals surface area (Å²) in [6.07, 6.45) is 7.35.